The van der Waals surface area contributed by atoms with E-state index < -0.39 is 18.0 Å². The number of carboxylic acid groups (broad SMARTS) is 1. The standard InChI is InChI=1S/C22H22ClNO5/c1-14(2)21(22(26)27)24-13-16-6-10-18(19(12-16)28-3)29-20(25)11-7-15-4-8-17(23)9-5-15/h4-14,21H,1-3H3,(H,26,27)/b11-7+,24-13+. The van der Waals surface area contributed by atoms with Gasteiger partial charge < -0.3 is 14.6 Å². The van der Waals surface area contributed by atoms with Gasteiger partial charge in [0, 0.05) is 17.3 Å². The molecule has 0 saturated carbocycles. The minimum atomic E-state index is -0.985. The molecule has 0 radical (unpaired) electrons. The highest BCUT2D eigenvalue weighted by molar-refractivity contribution is 6.30. The van der Waals surface area contributed by atoms with Gasteiger partial charge in [-0.3, -0.25) is 4.99 Å². The van der Waals surface area contributed by atoms with Crippen molar-refractivity contribution in [3.05, 3.63) is 64.7 Å². The monoisotopic (exact) mass is 415 g/mol. The summed E-state index contributed by atoms with van der Waals surface area (Å²) >= 11 is 5.83. The summed E-state index contributed by atoms with van der Waals surface area (Å²) in [5.41, 5.74) is 1.44. The molecule has 0 aliphatic carbocycles. The van der Waals surface area contributed by atoms with Crippen LogP contribution in [0.3, 0.4) is 0 Å². The topological polar surface area (TPSA) is 85.2 Å². The lowest BCUT2D eigenvalue weighted by molar-refractivity contribution is -0.139. The fourth-order valence-electron chi connectivity index (χ4n) is 2.42. The normalized spacial score (nSPS) is 12.4. The molecule has 29 heavy (non-hydrogen) atoms. The lowest BCUT2D eigenvalue weighted by Gasteiger charge is -2.11. The van der Waals surface area contributed by atoms with Gasteiger partial charge >= 0.3 is 11.9 Å². The summed E-state index contributed by atoms with van der Waals surface area (Å²) in [5.74, 6) is -1.11. The van der Waals surface area contributed by atoms with Crippen LogP contribution in [0.25, 0.3) is 6.08 Å². The molecule has 0 heterocycles. The van der Waals surface area contributed by atoms with Crippen molar-refractivity contribution in [2.75, 3.05) is 7.11 Å². The highest BCUT2D eigenvalue weighted by atomic mass is 35.5. The summed E-state index contributed by atoms with van der Waals surface area (Å²) in [6.45, 7) is 3.58. The molecule has 1 unspecified atom stereocenters. The Morgan fingerprint density at radius 2 is 1.72 bits per heavy atom. The predicted octanol–water partition coefficient (Wildman–Crippen LogP) is 4.50. The summed E-state index contributed by atoms with van der Waals surface area (Å²) in [4.78, 5) is 27.4. The molecule has 0 spiro atoms. The maximum atomic E-state index is 12.1. The van der Waals surface area contributed by atoms with Crippen molar-refractivity contribution in [1.29, 1.82) is 0 Å². The minimum Gasteiger partial charge on any atom is -0.493 e. The predicted molar refractivity (Wildman–Crippen MR) is 113 cm³/mol. The largest absolute Gasteiger partial charge is 0.493 e. The summed E-state index contributed by atoms with van der Waals surface area (Å²) in [6.07, 6.45) is 4.38. The third kappa shape index (κ3) is 6.76. The Bertz CT molecular complexity index is 919. The Hall–Kier alpha value is -3.12. The van der Waals surface area contributed by atoms with Gasteiger partial charge in [-0.25, -0.2) is 9.59 Å². The maximum Gasteiger partial charge on any atom is 0.336 e. The van der Waals surface area contributed by atoms with E-state index in [-0.39, 0.29) is 11.7 Å². The number of benzene rings is 2. The molecule has 2 rings (SSSR count). The molecule has 0 fully saturated rings. The molecule has 152 valence electrons. The zero-order valence-corrected chi connectivity index (χ0v) is 17.1. The van der Waals surface area contributed by atoms with E-state index in [2.05, 4.69) is 4.99 Å². The number of methoxy groups -OCH3 is 1. The molecule has 0 aliphatic heterocycles. The lowest BCUT2D eigenvalue weighted by Crippen LogP contribution is -2.24. The van der Waals surface area contributed by atoms with E-state index in [1.807, 2.05) is 0 Å². The molecule has 1 N–H and O–H groups in total. The van der Waals surface area contributed by atoms with E-state index >= 15 is 0 Å². The fraction of sp³-hybridized carbons (Fsp3) is 0.227. The Kier molecular flexibility index (Phi) is 7.98. The van der Waals surface area contributed by atoms with Crippen LogP contribution < -0.4 is 9.47 Å². The maximum absolute atomic E-state index is 12.1. The number of carbonyl (C=O) groups excluding carboxylic acids is 1. The van der Waals surface area contributed by atoms with Gasteiger partial charge in [0.05, 0.1) is 7.11 Å². The summed E-state index contributed by atoms with van der Waals surface area (Å²) < 4.78 is 10.6. The number of esters is 1. The number of aliphatic imine (C=N–C) groups is 1. The first-order chi connectivity index (χ1) is 13.8. The second kappa shape index (κ2) is 10.4. The summed E-state index contributed by atoms with van der Waals surface area (Å²) in [5, 5.41) is 9.82. The van der Waals surface area contributed by atoms with E-state index in [1.54, 1.807) is 62.4 Å². The van der Waals surface area contributed by atoms with Gasteiger partial charge in [0.1, 0.15) is 6.04 Å². The molecular weight excluding hydrogens is 394 g/mol. The van der Waals surface area contributed by atoms with Crippen LogP contribution in [0.2, 0.25) is 5.02 Å². The molecule has 0 amide bonds. The third-order valence-corrected chi connectivity index (χ3v) is 4.20. The molecule has 0 bridgehead atoms. The van der Waals surface area contributed by atoms with Gasteiger partial charge in [-0.1, -0.05) is 37.6 Å². The highest BCUT2D eigenvalue weighted by Crippen LogP contribution is 2.28. The second-order valence-electron chi connectivity index (χ2n) is 6.52. The van der Waals surface area contributed by atoms with Gasteiger partial charge in [0.25, 0.3) is 0 Å². The Morgan fingerprint density at radius 3 is 2.31 bits per heavy atom. The van der Waals surface area contributed by atoms with Crippen molar-refractivity contribution in [3.63, 3.8) is 0 Å². The van der Waals surface area contributed by atoms with Gasteiger partial charge in [-0.05, 0) is 53.5 Å². The molecule has 6 nitrogen and oxygen atoms in total. The third-order valence-electron chi connectivity index (χ3n) is 3.95. The number of rotatable bonds is 8. The number of hydrogen-bond donors (Lipinski definition) is 1. The fourth-order valence-corrected chi connectivity index (χ4v) is 2.54. The summed E-state index contributed by atoms with van der Waals surface area (Å²) in [6, 6.07) is 11.0. The Morgan fingerprint density at radius 1 is 1.07 bits per heavy atom. The number of halogens is 1. The average molecular weight is 416 g/mol. The zero-order valence-electron chi connectivity index (χ0n) is 16.3. The van der Waals surface area contributed by atoms with Gasteiger partial charge in [-0.15, -0.1) is 0 Å². The first-order valence-corrected chi connectivity index (χ1v) is 9.27. The Labute approximate surface area is 174 Å². The van der Waals surface area contributed by atoms with Crippen LogP contribution in [-0.2, 0) is 9.59 Å². The molecule has 0 saturated heterocycles. The first kappa shape index (κ1) is 22.2. The number of ether oxygens (including phenoxy) is 2. The number of hydrogen-bond acceptors (Lipinski definition) is 5. The van der Waals surface area contributed by atoms with Crippen molar-refractivity contribution in [3.8, 4) is 11.5 Å². The summed E-state index contributed by atoms with van der Waals surface area (Å²) in [7, 11) is 1.45. The van der Waals surface area contributed by atoms with E-state index in [4.69, 9.17) is 21.1 Å². The number of nitrogens with zero attached hydrogens (tertiary/aromatic N) is 1. The Balaban J connectivity index is 2.10. The van der Waals surface area contributed by atoms with E-state index in [9.17, 15) is 14.7 Å². The van der Waals surface area contributed by atoms with Crippen LogP contribution >= 0.6 is 11.6 Å². The van der Waals surface area contributed by atoms with Crippen LogP contribution in [0.5, 0.6) is 11.5 Å². The molecule has 1 atom stereocenters. The van der Waals surface area contributed by atoms with Crippen molar-refractivity contribution < 1.29 is 24.2 Å². The van der Waals surface area contributed by atoms with Crippen LogP contribution in [0.4, 0.5) is 0 Å². The first-order valence-electron chi connectivity index (χ1n) is 8.89. The van der Waals surface area contributed by atoms with Crippen molar-refractivity contribution in [2.45, 2.75) is 19.9 Å². The van der Waals surface area contributed by atoms with Crippen molar-refractivity contribution in [2.24, 2.45) is 10.9 Å². The van der Waals surface area contributed by atoms with E-state index in [0.717, 1.165) is 5.56 Å². The zero-order chi connectivity index (χ0) is 21.4. The van der Waals surface area contributed by atoms with Crippen molar-refractivity contribution >= 4 is 35.8 Å². The van der Waals surface area contributed by atoms with Crippen LogP contribution in [0.15, 0.2) is 53.5 Å². The van der Waals surface area contributed by atoms with Gasteiger partial charge in [0.2, 0.25) is 0 Å². The van der Waals surface area contributed by atoms with Gasteiger partial charge in [0.15, 0.2) is 11.5 Å². The van der Waals surface area contributed by atoms with Crippen molar-refractivity contribution in [1.82, 2.24) is 0 Å². The average Bonchev–Trinajstić information content (AvgIpc) is 2.68. The molecular formula is C22H22ClNO5. The quantitative estimate of drug-likeness (QED) is 0.297. The number of carbonyl (C=O) groups is 2. The van der Waals surface area contributed by atoms with Crippen LogP contribution in [0.1, 0.15) is 25.0 Å². The number of carboxylic acids is 1. The van der Waals surface area contributed by atoms with Gasteiger partial charge in [-0.2, -0.15) is 0 Å². The van der Waals surface area contributed by atoms with E-state index in [1.165, 1.54) is 19.4 Å². The lowest BCUT2D eigenvalue weighted by atomic mass is 10.1. The minimum absolute atomic E-state index is 0.140. The SMILES string of the molecule is COc1cc(/C=N/C(C(=O)O)C(C)C)ccc1OC(=O)/C=C/c1ccc(Cl)cc1. The molecule has 2 aromatic rings. The smallest absolute Gasteiger partial charge is 0.336 e. The molecule has 0 aromatic heterocycles. The number of aliphatic carboxylic acids is 1. The van der Waals surface area contributed by atoms with Crippen LogP contribution in [0, 0.1) is 5.92 Å². The molecule has 2 aromatic carbocycles. The van der Waals surface area contributed by atoms with E-state index in [0.29, 0.717) is 16.3 Å². The molecule has 7 heteroatoms. The van der Waals surface area contributed by atoms with Crippen LogP contribution in [-0.4, -0.2) is 36.4 Å². The second-order valence-corrected chi connectivity index (χ2v) is 6.96. The molecule has 0 aliphatic rings. The highest BCUT2D eigenvalue weighted by Gasteiger charge is 2.19.